The fraction of sp³-hybridized carbons (Fsp3) is 0.545. The summed E-state index contributed by atoms with van der Waals surface area (Å²) in [5, 5.41) is 8.88. The van der Waals surface area contributed by atoms with E-state index in [1.165, 1.54) is 19.1 Å². The van der Waals surface area contributed by atoms with Crippen molar-refractivity contribution in [3.63, 3.8) is 0 Å². The van der Waals surface area contributed by atoms with Gasteiger partial charge >= 0.3 is 0 Å². The summed E-state index contributed by atoms with van der Waals surface area (Å²) >= 11 is 0. The number of aliphatic hydroxyl groups is 1. The van der Waals surface area contributed by atoms with Gasteiger partial charge in [0.05, 0.1) is 13.2 Å². The van der Waals surface area contributed by atoms with Crippen LogP contribution < -0.4 is 4.90 Å². The Balaban J connectivity index is 2.04. The Labute approximate surface area is 88.9 Å². The molecular formula is C11H14N2O2. The molecule has 1 aliphatic rings. The molecule has 1 fully saturated rings. The molecule has 4 nitrogen and oxygen atoms in total. The first-order chi connectivity index (χ1) is 7.33. The van der Waals surface area contributed by atoms with Gasteiger partial charge in [-0.1, -0.05) is 5.92 Å². The van der Waals surface area contributed by atoms with E-state index in [0.29, 0.717) is 18.3 Å². The quantitative estimate of drug-likeness (QED) is 0.731. The zero-order valence-corrected chi connectivity index (χ0v) is 8.52. The number of aliphatic hydroxyl groups excluding tert-OH is 1. The van der Waals surface area contributed by atoms with Crippen molar-refractivity contribution in [2.24, 2.45) is 5.92 Å². The van der Waals surface area contributed by atoms with Crippen LogP contribution in [0.25, 0.3) is 0 Å². The zero-order valence-electron chi connectivity index (χ0n) is 8.52. The van der Waals surface area contributed by atoms with Crippen LogP contribution in [0.15, 0.2) is 10.7 Å². The van der Waals surface area contributed by atoms with Crippen LogP contribution in [0.5, 0.6) is 0 Å². The first-order valence-corrected chi connectivity index (χ1v) is 5.07. The average molecular weight is 206 g/mol. The Bertz CT molecular complexity index is 363. The molecule has 1 heterocycles. The van der Waals surface area contributed by atoms with E-state index in [-0.39, 0.29) is 6.61 Å². The van der Waals surface area contributed by atoms with Gasteiger partial charge in [0, 0.05) is 6.54 Å². The molecule has 0 spiro atoms. The summed E-state index contributed by atoms with van der Waals surface area (Å²) in [5.41, 5.74) is 0.544. The van der Waals surface area contributed by atoms with Crippen molar-refractivity contribution in [2.45, 2.75) is 19.4 Å². The van der Waals surface area contributed by atoms with Crippen LogP contribution in [0, 0.1) is 18.3 Å². The molecule has 1 aliphatic carbocycles. The monoisotopic (exact) mass is 206 g/mol. The van der Waals surface area contributed by atoms with E-state index in [1.54, 1.807) is 0 Å². The molecule has 0 bridgehead atoms. The van der Waals surface area contributed by atoms with Crippen LogP contribution in [0.2, 0.25) is 0 Å². The zero-order chi connectivity index (χ0) is 10.7. The van der Waals surface area contributed by atoms with Crippen LogP contribution >= 0.6 is 0 Å². The lowest BCUT2D eigenvalue weighted by atomic mass is 10.4. The van der Waals surface area contributed by atoms with Gasteiger partial charge in [-0.25, -0.2) is 0 Å². The standard InChI is InChI=1S/C11H14N2O2/c1-2-5-13(6-9-3-4-9)11-12-10(7-14)8-15-11/h1,8-9,14H,3-7H2. The van der Waals surface area contributed by atoms with Crippen molar-refractivity contribution >= 4 is 6.01 Å². The highest BCUT2D eigenvalue weighted by molar-refractivity contribution is 5.30. The summed E-state index contributed by atoms with van der Waals surface area (Å²) in [7, 11) is 0. The highest BCUT2D eigenvalue weighted by Crippen LogP contribution is 2.31. The van der Waals surface area contributed by atoms with Gasteiger partial charge in [-0.3, -0.25) is 0 Å². The van der Waals surface area contributed by atoms with Gasteiger partial charge in [-0.2, -0.15) is 4.98 Å². The SMILES string of the molecule is C#CCN(CC1CC1)c1nc(CO)co1. The van der Waals surface area contributed by atoms with Crippen LogP contribution in [0.1, 0.15) is 18.5 Å². The molecule has 1 aromatic rings. The lowest BCUT2D eigenvalue weighted by molar-refractivity contribution is 0.276. The number of aromatic nitrogens is 1. The lowest BCUT2D eigenvalue weighted by Gasteiger charge is -2.16. The second-order valence-electron chi connectivity index (χ2n) is 3.81. The predicted molar refractivity (Wildman–Crippen MR) is 56.2 cm³/mol. The third kappa shape index (κ3) is 2.51. The molecule has 80 valence electrons. The normalized spacial score (nSPS) is 14.9. The first-order valence-electron chi connectivity index (χ1n) is 5.07. The van der Waals surface area contributed by atoms with Gasteiger partial charge < -0.3 is 14.4 Å². The van der Waals surface area contributed by atoms with E-state index in [4.69, 9.17) is 15.9 Å². The molecule has 0 radical (unpaired) electrons. The number of hydrogen-bond donors (Lipinski definition) is 1. The summed E-state index contributed by atoms with van der Waals surface area (Å²) in [6, 6.07) is 0.518. The molecule has 1 saturated carbocycles. The van der Waals surface area contributed by atoms with Crippen molar-refractivity contribution in [1.82, 2.24) is 4.98 Å². The molecule has 1 N–H and O–H groups in total. The molecular weight excluding hydrogens is 192 g/mol. The number of nitrogens with zero attached hydrogens (tertiary/aromatic N) is 2. The summed E-state index contributed by atoms with van der Waals surface area (Å²) in [6.45, 7) is 1.30. The molecule has 0 saturated heterocycles. The first kappa shape index (κ1) is 10.1. The van der Waals surface area contributed by atoms with Crippen LogP contribution in [-0.2, 0) is 6.61 Å². The number of anilines is 1. The van der Waals surface area contributed by atoms with Crippen molar-refractivity contribution < 1.29 is 9.52 Å². The number of rotatable bonds is 5. The van der Waals surface area contributed by atoms with Gasteiger partial charge in [0.15, 0.2) is 0 Å². The van der Waals surface area contributed by atoms with Crippen LogP contribution in [-0.4, -0.2) is 23.2 Å². The molecule has 2 rings (SSSR count). The molecule has 15 heavy (non-hydrogen) atoms. The third-order valence-corrected chi connectivity index (χ3v) is 2.43. The minimum absolute atomic E-state index is 0.100. The highest BCUT2D eigenvalue weighted by Gasteiger charge is 2.25. The summed E-state index contributed by atoms with van der Waals surface area (Å²) < 4.78 is 5.26. The van der Waals surface area contributed by atoms with E-state index in [1.807, 2.05) is 4.90 Å². The van der Waals surface area contributed by atoms with E-state index < -0.39 is 0 Å². The molecule has 0 atom stereocenters. The maximum Gasteiger partial charge on any atom is 0.298 e. The fourth-order valence-corrected chi connectivity index (χ4v) is 1.45. The second-order valence-corrected chi connectivity index (χ2v) is 3.81. The van der Waals surface area contributed by atoms with Crippen molar-refractivity contribution in [2.75, 3.05) is 18.0 Å². The Kier molecular flexibility index (Phi) is 2.93. The van der Waals surface area contributed by atoms with Crippen molar-refractivity contribution in [3.05, 3.63) is 12.0 Å². The molecule has 0 amide bonds. The fourth-order valence-electron chi connectivity index (χ4n) is 1.45. The number of terminal acetylenes is 1. The van der Waals surface area contributed by atoms with E-state index in [0.717, 1.165) is 12.5 Å². The number of hydrogen-bond acceptors (Lipinski definition) is 4. The van der Waals surface area contributed by atoms with Gasteiger partial charge in [-0.05, 0) is 18.8 Å². The van der Waals surface area contributed by atoms with Crippen LogP contribution in [0.3, 0.4) is 0 Å². The van der Waals surface area contributed by atoms with Gasteiger partial charge in [0.1, 0.15) is 12.0 Å². The van der Waals surface area contributed by atoms with Gasteiger partial charge in [-0.15, -0.1) is 6.42 Å². The van der Waals surface area contributed by atoms with Crippen LogP contribution in [0.4, 0.5) is 6.01 Å². The molecule has 1 aromatic heterocycles. The van der Waals surface area contributed by atoms with Gasteiger partial charge in [0.25, 0.3) is 6.01 Å². The van der Waals surface area contributed by atoms with Crippen molar-refractivity contribution in [3.8, 4) is 12.3 Å². The summed E-state index contributed by atoms with van der Waals surface area (Å²) in [6.07, 6.45) is 9.27. The lowest BCUT2D eigenvalue weighted by Crippen LogP contribution is -2.26. The van der Waals surface area contributed by atoms with Crippen molar-refractivity contribution in [1.29, 1.82) is 0 Å². The van der Waals surface area contributed by atoms with Gasteiger partial charge in [0.2, 0.25) is 0 Å². The smallest absolute Gasteiger partial charge is 0.298 e. The Morgan fingerprint density at radius 2 is 2.47 bits per heavy atom. The Morgan fingerprint density at radius 1 is 1.67 bits per heavy atom. The summed E-state index contributed by atoms with van der Waals surface area (Å²) in [5.74, 6) is 3.31. The minimum atomic E-state index is -0.100. The van der Waals surface area contributed by atoms with E-state index in [9.17, 15) is 0 Å². The van der Waals surface area contributed by atoms with E-state index in [2.05, 4.69) is 10.9 Å². The maximum atomic E-state index is 8.88. The minimum Gasteiger partial charge on any atom is -0.432 e. The molecule has 0 unspecified atom stereocenters. The Hall–Kier alpha value is -1.47. The van der Waals surface area contributed by atoms with E-state index >= 15 is 0 Å². The highest BCUT2D eigenvalue weighted by atomic mass is 16.4. The Morgan fingerprint density at radius 3 is 3.00 bits per heavy atom. The maximum absolute atomic E-state index is 8.88. The summed E-state index contributed by atoms with van der Waals surface area (Å²) in [4.78, 5) is 6.08. The average Bonchev–Trinajstić information content (AvgIpc) is 2.94. The topological polar surface area (TPSA) is 49.5 Å². The molecule has 0 aromatic carbocycles. The predicted octanol–water partition coefficient (Wildman–Crippen LogP) is 1.02. The third-order valence-electron chi connectivity index (χ3n) is 2.43. The molecule has 0 aliphatic heterocycles. The number of oxazole rings is 1. The molecule has 4 heteroatoms. The second kappa shape index (κ2) is 4.37. The largest absolute Gasteiger partial charge is 0.432 e.